The third kappa shape index (κ3) is 11.3. The maximum Gasteiger partial charge on any atom is 0.239 e. The molecule has 6 nitrogen and oxygen atoms in total. The van der Waals surface area contributed by atoms with Gasteiger partial charge in [-0.3, -0.25) is 4.79 Å². The zero-order chi connectivity index (χ0) is 26.9. The van der Waals surface area contributed by atoms with E-state index in [0.29, 0.717) is 34.5 Å². The van der Waals surface area contributed by atoms with Gasteiger partial charge >= 0.3 is 0 Å². The number of ether oxygens (including phenoxy) is 1. The van der Waals surface area contributed by atoms with Gasteiger partial charge in [-0.2, -0.15) is 0 Å². The van der Waals surface area contributed by atoms with Crippen molar-refractivity contribution in [3.05, 3.63) is 83.5 Å². The van der Waals surface area contributed by atoms with Crippen LogP contribution >= 0.6 is 23.2 Å². The van der Waals surface area contributed by atoms with Crippen LogP contribution in [0.25, 0.3) is 17.3 Å². The highest BCUT2D eigenvalue weighted by Gasteiger charge is 2.13. The van der Waals surface area contributed by atoms with E-state index in [4.69, 9.17) is 32.9 Å². The number of benzene rings is 1. The fourth-order valence-electron chi connectivity index (χ4n) is 3.21. The summed E-state index contributed by atoms with van der Waals surface area (Å²) in [6.07, 6.45) is 14.2. The minimum absolute atomic E-state index is 0.0612. The van der Waals surface area contributed by atoms with Crippen LogP contribution in [0.3, 0.4) is 0 Å². The van der Waals surface area contributed by atoms with Crippen LogP contribution in [0.2, 0.25) is 10.0 Å². The minimum Gasteiger partial charge on any atom is -0.497 e. The van der Waals surface area contributed by atoms with E-state index < -0.39 is 0 Å². The Balaban J connectivity index is 0.00000316. The van der Waals surface area contributed by atoms with Crippen molar-refractivity contribution in [1.82, 2.24) is 19.8 Å². The molecule has 8 heteroatoms. The summed E-state index contributed by atoms with van der Waals surface area (Å²) in [6.45, 7) is 9.78. The number of carbonyl (C=O) groups is 1. The molecule has 196 valence electrons. The summed E-state index contributed by atoms with van der Waals surface area (Å²) in [5.41, 5.74) is 1.45. The lowest BCUT2D eigenvalue weighted by Gasteiger charge is -2.10. The van der Waals surface area contributed by atoms with E-state index in [1.807, 2.05) is 61.3 Å². The highest BCUT2D eigenvalue weighted by Crippen LogP contribution is 2.30. The van der Waals surface area contributed by atoms with Crippen LogP contribution in [-0.2, 0) is 16.1 Å². The lowest BCUT2D eigenvalue weighted by atomic mass is 10.2. The molecule has 1 heterocycles. The first-order chi connectivity index (χ1) is 17.3. The SMILES string of the molecule is C=C.CC/C=C(\C=C/C/C=C/c1nc(-c2ccc(Cl)cc2Cl)cn1CC(=O)NCCCN(C)C)OC. The number of methoxy groups -OCH3 is 1. The monoisotopic (exact) mass is 532 g/mol. The second-order valence-electron chi connectivity index (χ2n) is 8.00. The van der Waals surface area contributed by atoms with Crippen molar-refractivity contribution < 1.29 is 9.53 Å². The van der Waals surface area contributed by atoms with E-state index in [1.165, 1.54) is 0 Å². The molecule has 1 N–H and O–H groups in total. The average molecular weight is 534 g/mol. The van der Waals surface area contributed by atoms with Gasteiger partial charge in [-0.15, -0.1) is 13.2 Å². The molecule has 0 aliphatic rings. The Kier molecular flexibility index (Phi) is 15.3. The van der Waals surface area contributed by atoms with Crippen molar-refractivity contribution in [2.75, 3.05) is 34.3 Å². The molecular formula is C28H38Cl2N4O2. The maximum atomic E-state index is 12.5. The van der Waals surface area contributed by atoms with E-state index in [2.05, 4.69) is 30.3 Å². The summed E-state index contributed by atoms with van der Waals surface area (Å²) < 4.78 is 7.14. The number of aromatic nitrogens is 2. The number of imidazole rings is 1. The molecule has 0 saturated carbocycles. The van der Waals surface area contributed by atoms with Gasteiger partial charge in [0.2, 0.25) is 5.91 Å². The number of allylic oxidation sites excluding steroid dienone is 4. The molecule has 0 bridgehead atoms. The summed E-state index contributed by atoms with van der Waals surface area (Å²) in [6, 6.07) is 5.30. The number of nitrogens with one attached hydrogen (secondary N) is 1. The second kappa shape index (κ2) is 17.6. The predicted octanol–water partition coefficient (Wildman–Crippen LogP) is 6.63. The van der Waals surface area contributed by atoms with Crippen molar-refractivity contribution in [2.45, 2.75) is 32.7 Å². The molecule has 0 atom stereocenters. The molecule has 0 aliphatic heterocycles. The topological polar surface area (TPSA) is 59.4 Å². The molecule has 0 aliphatic carbocycles. The van der Waals surface area contributed by atoms with Crippen molar-refractivity contribution >= 4 is 35.2 Å². The zero-order valence-corrected chi connectivity index (χ0v) is 23.3. The first-order valence-corrected chi connectivity index (χ1v) is 12.6. The third-order valence-electron chi connectivity index (χ3n) is 4.89. The molecule has 0 unspecified atom stereocenters. The summed E-state index contributed by atoms with van der Waals surface area (Å²) in [4.78, 5) is 19.4. The molecule has 1 aromatic heterocycles. The van der Waals surface area contributed by atoms with Crippen LogP contribution in [0.5, 0.6) is 0 Å². The Bertz CT molecular complexity index is 1040. The lowest BCUT2D eigenvalue weighted by Crippen LogP contribution is -2.30. The number of rotatable bonds is 13. The second-order valence-corrected chi connectivity index (χ2v) is 8.85. The van der Waals surface area contributed by atoms with E-state index in [-0.39, 0.29) is 12.5 Å². The minimum atomic E-state index is -0.0612. The number of halogens is 2. The Hall–Kier alpha value is -2.80. The van der Waals surface area contributed by atoms with Gasteiger partial charge in [-0.25, -0.2) is 4.98 Å². The van der Waals surface area contributed by atoms with Gasteiger partial charge in [-0.1, -0.05) is 42.3 Å². The van der Waals surface area contributed by atoms with Crippen molar-refractivity contribution in [3.63, 3.8) is 0 Å². The molecule has 2 aromatic rings. The first kappa shape index (κ1) is 31.2. The molecule has 0 fully saturated rings. The van der Waals surface area contributed by atoms with Crippen molar-refractivity contribution in [1.29, 1.82) is 0 Å². The Morgan fingerprint density at radius 3 is 2.64 bits per heavy atom. The number of amides is 1. The largest absolute Gasteiger partial charge is 0.497 e. The predicted molar refractivity (Wildman–Crippen MR) is 153 cm³/mol. The molecule has 36 heavy (non-hydrogen) atoms. The Morgan fingerprint density at radius 1 is 1.25 bits per heavy atom. The highest BCUT2D eigenvalue weighted by atomic mass is 35.5. The summed E-state index contributed by atoms with van der Waals surface area (Å²) in [5.74, 6) is 1.45. The van der Waals surface area contributed by atoms with Gasteiger partial charge in [0.05, 0.1) is 17.8 Å². The molecular weight excluding hydrogens is 495 g/mol. The van der Waals surface area contributed by atoms with Crippen LogP contribution in [-0.4, -0.2) is 54.7 Å². The molecule has 0 radical (unpaired) electrons. The van der Waals surface area contributed by atoms with E-state index >= 15 is 0 Å². The fourth-order valence-corrected chi connectivity index (χ4v) is 3.71. The van der Waals surface area contributed by atoms with Gasteiger partial charge in [0.1, 0.15) is 18.1 Å². The van der Waals surface area contributed by atoms with Crippen molar-refractivity contribution in [2.24, 2.45) is 0 Å². The van der Waals surface area contributed by atoms with Gasteiger partial charge in [0, 0.05) is 23.3 Å². The molecule has 0 spiro atoms. The number of nitrogens with zero attached hydrogens (tertiary/aromatic N) is 3. The molecule has 1 aromatic carbocycles. The van der Waals surface area contributed by atoms with E-state index in [1.54, 1.807) is 19.2 Å². The first-order valence-electron chi connectivity index (χ1n) is 11.8. The lowest BCUT2D eigenvalue weighted by molar-refractivity contribution is -0.121. The van der Waals surface area contributed by atoms with Crippen LogP contribution in [0.1, 0.15) is 32.0 Å². The summed E-state index contributed by atoms with van der Waals surface area (Å²) in [5, 5.41) is 4.05. The normalized spacial score (nSPS) is 11.7. The standard InChI is InChI=1S/C26H34Cl2N4O2.C2H4/c1-5-10-21(34-4)11-7-6-8-12-25-30-24(22-14-13-20(27)17-23(22)28)18-32(25)19-26(33)29-15-9-16-31(2)3;1-2/h7-8,10-14,17-18H,5-6,9,15-16,19H2,1-4H3,(H,29,33);1-2H2/b11-7-,12-8+,21-10+;. The zero-order valence-electron chi connectivity index (χ0n) is 21.8. The quantitative estimate of drug-likeness (QED) is 0.136. The average Bonchev–Trinajstić information content (AvgIpc) is 3.23. The Morgan fingerprint density at radius 2 is 2.00 bits per heavy atom. The molecule has 0 saturated heterocycles. The third-order valence-corrected chi connectivity index (χ3v) is 5.44. The fraction of sp³-hybridized carbons (Fsp3) is 0.357. The van der Waals surface area contributed by atoms with Gasteiger partial charge in [-0.05, 0) is 76.3 Å². The van der Waals surface area contributed by atoms with Crippen molar-refractivity contribution in [3.8, 4) is 11.3 Å². The Labute approximate surface area is 225 Å². The van der Waals surface area contributed by atoms with Crippen LogP contribution in [0.4, 0.5) is 0 Å². The van der Waals surface area contributed by atoms with Crippen LogP contribution in [0, 0.1) is 0 Å². The number of hydrogen-bond donors (Lipinski definition) is 1. The van der Waals surface area contributed by atoms with Crippen LogP contribution in [0.15, 0.2) is 67.6 Å². The van der Waals surface area contributed by atoms with Gasteiger partial charge < -0.3 is 19.5 Å². The summed E-state index contributed by atoms with van der Waals surface area (Å²) >= 11 is 12.4. The number of hydrogen-bond acceptors (Lipinski definition) is 4. The molecule has 1 amide bonds. The van der Waals surface area contributed by atoms with E-state index in [0.717, 1.165) is 30.7 Å². The maximum absolute atomic E-state index is 12.5. The van der Waals surface area contributed by atoms with E-state index in [9.17, 15) is 4.79 Å². The van der Waals surface area contributed by atoms with Gasteiger partial charge in [0.25, 0.3) is 0 Å². The summed E-state index contributed by atoms with van der Waals surface area (Å²) in [7, 11) is 5.69. The van der Waals surface area contributed by atoms with Gasteiger partial charge in [0.15, 0.2) is 0 Å². The van der Waals surface area contributed by atoms with Crippen LogP contribution < -0.4 is 5.32 Å². The number of carbonyl (C=O) groups excluding carboxylic acids is 1. The smallest absolute Gasteiger partial charge is 0.239 e. The molecule has 2 rings (SSSR count). The highest BCUT2D eigenvalue weighted by molar-refractivity contribution is 6.36.